The quantitative estimate of drug-likeness (QED) is 0.619. The van der Waals surface area contributed by atoms with Gasteiger partial charge in [0, 0.05) is 38.1 Å². The van der Waals surface area contributed by atoms with Crippen molar-refractivity contribution in [2.75, 3.05) is 27.2 Å². The van der Waals surface area contributed by atoms with Crippen LogP contribution in [-0.4, -0.2) is 48.0 Å². The Morgan fingerprint density at radius 3 is 2.59 bits per heavy atom. The molecule has 4 rings (SSSR count). The third-order valence-corrected chi connectivity index (χ3v) is 6.35. The zero-order chi connectivity index (χ0) is 22.4. The van der Waals surface area contributed by atoms with Crippen molar-refractivity contribution in [3.05, 3.63) is 78.4 Å². The molecule has 166 valence electrons. The highest BCUT2D eigenvalue weighted by atomic mass is 16.5. The molecule has 1 amide bonds. The minimum atomic E-state index is -0.481. The molecule has 1 saturated heterocycles. The second-order valence-electron chi connectivity index (χ2n) is 8.48. The lowest BCUT2D eigenvalue weighted by molar-refractivity contribution is -0.134. The summed E-state index contributed by atoms with van der Waals surface area (Å²) in [6.07, 6.45) is 7.73. The number of likely N-dealkylation sites (tertiary alicyclic amines) is 1. The van der Waals surface area contributed by atoms with E-state index in [2.05, 4.69) is 44.5 Å². The molecule has 0 saturated carbocycles. The van der Waals surface area contributed by atoms with E-state index in [0.717, 1.165) is 54.9 Å². The topological polar surface area (TPSA) is 67.4 Å². The van der Waals surface area contributed by atoms with Crippen LogP contribution in [-0.2, 0) is 17.8 Å². The summed E-state index contributed by atoms with van der Waals surface area (Å²) in [5.41, 5.74) is 3.95. The first-order valence-electron chi connectivity index (χ1n) is 11.0. The molecule has 2 heterocycles. The Balaban J connectivity index is 1.60. The lowest BCUT2D eigenvalue weighted by atomic mass is 9.73. The maximum absolute atomic E-state index is 13.2. The van der Waals surface area contributed by atoms with Gasteiger partial charge in [0.2, 0.25) is 5.91 Å². The molecule has 1 atom stereocenters. The molecule has 6 heteroatoms. The van der Waals surface area contributed by atoms with E-state index < -0.39 is 5.41 Å². The molecule has 3 aromatic rings. The molecule has 1 fully saturated rings. The number of rotatable bonds is 7. The number of benzene rings is 2. The van der Waals surface area contributed by atoms with E-state index in [4.69, 9.17) is 4.74 Å². The number of methoxy groups -OCH3 is 1. The van der Waals surface area contributed by atoms with E-state index in [1.807, 2.05) is 36.7 Å². The van der Waals surface area contributed by atoms with Gasteiger partial charge in [0.25, 0.3) is 0 Å². The standard InChI is InChI=1S/C26H30N4O2/c1-27-25(31)26(14-21-6-3-4-7-24(21)22-15-28-19-29-16-22)12-5-13-30(18-26)17-20-8-10-23(32-2)11-9-20/h3-4,6-11,15-16,19H,5,12-14,17-18H2,1-2H3,(H,27,31)/t26-/m1/s1. The molecule has 1 aromatic heterocycles. The summed E-state index contributed by atoms with van der Waals surface area (Å²) in [7, 11) is 3.42. The van der Waals surface area contributed by atoms with Gasteiger partial charge in [-0.15, -0.1) is 0 Å². The second kappa shape index (κ2) is 9.92. The van der Waals surface area contributed by atoms with E-state index >= 15 is 0 Å². The second-order valence-corrected chi connectivity index (χ2v) is 8.48. The van der Waals surface area contributed by atoms with Gasteiger partial charge in [0.1, 0.15) is 12.1 Å². The Morgan fingerprint density at radius 1 is 1.12 bits per heavy atom. The third-order valence-electron chi connectivity index (χ3n) is 6.35. The number of carbonyl (C=O) groups excluding carboxylic acids is 1. The molecular formula is C26H30N4O2. The fraction of sp³-hybridized carbons (Fsp3) is 0.346. The largest absolute Gasteiger partial charge is 0.497 e. The lowest BCUT2D eigenvalue weighted by Crippen LogP contribution is -2.52. The van der Waals surface area contributed by atoms with Gasteiger partial charge in [-0.1, -0.05) is 36.4 Å². The zero-order valence-electron chi connectivity index (χ0n) is 18.8. The molecule has 1 aliphatic heterocycles. The SMILES string of the molecule is CNC(=O)[C@@]1(Cc2ccccc2-c2cncnc2)CCCN(Cc2ccc(OC)cc2)C1. The van der Waals surface area contributed by atoms with Crippen molar-refractivity contribution in [2.45, 2.75) is 25.8 Å². The smallest absolute Gasteiger partial charge is 0.227 e. The predicted molar refractivity (Wildman–Crippen MR) is 125 cm³/mol. The molecule has 32 heavy (non-hydrogen) atoms. The fourth-order valence-corrected chi connectivity index (χ4v) is 4.79. The molecule has 1 aliphatic rings. The summed E-state index contributed by atoms with van der Waals surface area (Å²) >= 11 is 0. The van der Waals surface area contributed by atoms with Gasteiger partial charge in [-0.3, -0.25) is 9.69 Å². The number of nitrogens with one attached hydrogen (secondary N) is 1. The van der Waals surface area contributed by atoms with Gasteiger partial charge in [0.15, 0.2) is 0 Å². The Kier molecular flexibility index (Phi) is 6.81. The Morgan fingerprint density at radius 2 is 1.88 bits per heavy atom. The molecule has 0 bridgehead atoms. The molecule has 0 spiro atoms. The molecule has 0 aliphatic carbocycles. The molecule has 0 unspecified atom stereocenters. The highest BCUT2D eigenvalue weighted by molar-refractivity contribution is 5.83. The highest BCUT2D eigenvalue weighted by Gasteiger charge is 2.42. The van der Waals surface area contributed by atoms with Gasteiger partial charge in [-0.05, 0) is 54.6 Å². The van der Waals surface area contributed by atoms with Crippen LogP contribution in [0.15, 0.2) is 67.3 Å². The number of ether oxygens (including phenoxy) is 1. The predicted octanol–water partition coefficient (Wildman–Crippen LogP) is 3.72. The van der Waals surface area contributed by atoms with Crippen LogP contribution in [0.4, 0.5) is 0 Å². The van der Waals surface area contributed by atoms with E-state index in [1.54, 1.807) is 14.2 Å². The summed E-state index contributed by atoms with van der Waals surface area (Å²) in [6.45, 7) is 2.52. The van der Waals surface area contributed by atoms with Crippen LogP contribution in [0.5, 0.6) is 5.75 Å². The number of carbonyl (C=O) groups is 1. The lowest BCUT2D eigenvalue weighted by Gasteiger charge is -2.42. The van der Waals surface area contributed by atoms with Crippen molar-refractivity contribution >= 4 is 5.91 Å². The zero-order valence-corrected chi connectivity index (χ0v) is 18.8. The van der Waals surface area contributed by atoms with E-state index in [-0.39, 0.29) is 5.91 Å². The summed E-state index contributed by atoms with van der Waals surface area (Å²) < 4.78 is 5.28. The summed E-state index contributed by atoms with van der Waals surface area (Å²) in [5.74, 6) is 0.963. The monoisotopic (exact) mass is 430 g/mol. The van der Waals surface area contributed by atoms with Crippen LogP contribution in [0.2, 0.25) is 0 Å². The maximum atomic E-state index is 13.2. The van der Waals surface area contributed by atoms with E-state index in [9.17, 15) is 4.79 Å². The first-order chi connectivity index (χ1) is 15.6. The average molecular weight is 431 g/mol. The number of piperidine rings is 1. The minimum Gasteiger partial charge on any atom is -0.497 e. The van der Waals surface area contributed by atoms with Crippen molar-refractivity contribution in [3.63, 3.8) is 0 Å². The minimum absolute atomic E-state index is 0.107. The summed E-state index contributed by atoms with van der Waals surface area (Å²) in [5, 5.41) is 2.95. The molecular weight excluding hydrogens is 400 g/mol. The van der Waals surface area contributed by atoms with E-state index in [0.29, 0.717) is 6.42 Å². The third kappa shape index (κ3) is 4.81. The normalized spacial score (nSPS) is 18.8. The number of nitrogens with zero attached hydrogens (tertiary/aromatic N) is 3. The van der Waals surface area contributed by atoms with Gasteiger partial charge in [-0.2, -0.15) is 0 Å². The van der Waals surface area contributed by atoms with Crippen LogP contribution in [0.25, 0.3) is 11.1 Å². The van der Waals surface area contributed by atoms with Crippen LogP contribution in [0, 0.1) is 5.41 Å². The highest BCUT2D eigenvalue weighted by Crippen LogP contribution is 2.37. The van der Waals surface area contributed by atoms with Gasteiger partial charge in [-0.25, -0.2) is 9.97 Å². The van der Waals surface area contributed by atoms with Crippen LogP contribution >= 0.6 is 0 Å². The number of aromatic nitrogens is 2. The Labute approximate surface area is 189 Å². The van der Waals surface area contributed by atoms with Gasteiger partial charge >= 0.3 is 0 Å². The molecule has 6 nitrogen and oxygen atoms in total. The van der Waals surface area contributed by atoms with Crippen molar-refractivity contribution in [3.8, 4) is 16.9 Å². The first kappa shape index (κ1) is 22.0. The molecule has 1 N–H and O–H groups in total. The Bertz CT molecular complexity index is 1040. The summed E-state index contributed by atoms with van der Waals surface area (Å²) in [6, 6.07) is 16.4. The first-order valence-corrected chi connectivity index (χ1v) is 11.0. The van der Waals surface area contributed by atoms with Crippen LogP contribution < -0.4 is 10.1 Å². The van der Waals surface area contributed by atoms with Crippen molar-refractivity contribution in [1.29, 1.82) is 0 Å². The molecule has 0 radical (unpaired) electrons. The number of hydrogen-bond donors (Lipinski definition) is 1. The van der Waals surface area contributed by atoms with E-state index in [1.165, 1.54) is 11.9 Å². The average Bonchev–Trinajstić information content (AvgIpc) is 2.85. The molecule has 2 aromatic carbocycles. The van der Waals surface area contributed by atoms with Crippen LogP contribution in [0.3, 0.4) is 0 Å². The maximum Gasteiger partial charge on any atom is 0.227 e. The van der Waals surface area contributed by atoms with Gasteiger partial charge < -0.3 is 10.1 Å². The number of amides is 1. The summed E-state index contributed by atoms with van der Waals surface area (Å²) in [4.78, 5) is 24.0. The van der Waals surface area contributed by atoms with Crippen molar-refractivity contribution in [1.82, 2.24) is 20.2 Å². The fourth-order valence-electron chi connectivity index (χ4n) is 4.79. The van der Waals surface area contributed by atoms with Crippen molar-refractivity contribution in [2.24, 2.45) is 5.41 Å². The Hall–Kier alpha value is -3.25. The number of hydrogen-bond acceptors (Lipinski definition) is 5. The van der Waals surface area contributed by atoms with Crippen LogP contribution in [0.1, 0.15) is 24.0 Å². The van der Waals surface area contributed by atoms with Gasteiger partial charge in [0.05, 0.1) is 12.5 Å². The van der Waals surface area contributed by atoms with Crippen molar-refractivity contribution < 1.29 is 9.53 Å².